The van der Waals surface area contributed by atoms with Crippen LogP contribution in [0.15, 0.2) is 60.7 Å². The van der Waals surface area contributed by atoms with Gasteiger partial charge in [0.05, 0.1) is 59.9 Å². The Morgan fingerprint density at radius 2 is 1.62 bits per heavy atom. The fourth-order valence-electron chi connectivity index (χ4n) is 4.53. The SMILES string of the molecule is COc1cc(NS(C)(=O)=O)ccc1Nc1c2ccccc2nc2c(C(=O)NCCCCCCOS(C)(=O)=O)cccc12. The number of methoxy groups -OCH3 is 1. The molecule has 1 heterocycles. The quantitative estimate of drug-likeness (QED) is 0.103. The van der Waals surface area contributed by atoms with Crippen molar-refractivity contribution in [1.29, 1.82) is 0 Å². The number of rotatable bonds is 14. The zero-order valence-corrected chi connectivity index (χ0v) is 25.3. The molecule has 0 atom stereocenters. The van der Waals surface area contributed by atoms with E-state index in [1.165, 1.54) is 7.11 Å². The van der Waals surface area contributed by atoms with E-state index in [0.29, 0.717) is 46.7 Å². The van der Waals surface area contributed by atoms with Gasteiger partial charge in [-0.25, -0.2) is 13.4 Å². The Labute approximate surface area is 245 Å². The van der Waals surface area contributed by atoms with E-state index in [0.717, 1.165) is 48.2 Å². The molecular formula is C29H34N4O7S2. The van der Waals surface area contributed by atoms with Crippen molar-refractivity contribution in [3.8, 4) is 5.75 Å². The van der Waals surface area contributed by atoms with Gasteiger partial charge < -0.3 is 15.4 Å². The first kappa shape index (κ1) is 31.0. The minimum Gasteiger partial charge on any atom is -0.494 e. The maximum absolute atomic E-state index is 13.2. The topological polar surface area (TPSA) is 153 Å². The summed E-state index contributed by atoms with van der Waals surface area (Å²) in [5.74, 6) is 0.179. The van der Waals surface area contributed by atoms with Crippen molar-refractivity contribution in [3.63, 3.8) is 0 Å². The van der Waals surface area contributed by atoms with Crippen LogP contribution in [0.3, 0.4) is 0 Å². The lowest BCUT2D eigenvalue weighted by Crippen LogP contribution is -2.24. The number of fused-ring (bicyclic) bond motifs is 2. The van der Waals surface area contributed by atoms with Crippen molar-refractivity contribution < 1.29 is 30.6 Å². The van der Waals surface area contributed by atoms with Crippen molar-refractivity contribution >= 4 is 64.9 Å². The second-order valence-corrected chi connectivity index (χ2v) is 13.2. The van der Waals surface area contributed by atoms with Crippen LogP contribution in [0.5, 0.6) is 5.75 Å². The Bertz CT molecular complexity index is 1810. The van der Waals surface area contributed by atoms with Gasteiger partial charge in [0.25, 0.3) is 16.0 Å². The summed E-state index contributed by atoms with van der Waals surface area (Å²) in [6, 6.07) is 18.0. The van der Waals surface area contributed by atoms with Crippen LogP contribution in [0, 0.1) is 0 Å². The molecule has 0 fully saturated rings. The van der Waals surface area contributed by atoms with Gasteiger partial charge in [-0.3, -0.25) is 13.7 Å². The number of pyridine rings is 1. The first-order valence-electron chi connectivity index (χ1n) is 13.3. The smallest absolute Gasteiger partial charge is 0.264 e. The number of carbonyl (C=O) groups excluding carboxylic acids is 1. The fraction of sp³-hybridized carbons (Fsp3) is 0.310. The number of carbonyl (C=O) groups is 1. The van der Waals surface area contributed by atoms with E-state index < -0.39 is 20.1 Å². The average Bonchev–Trinajstić information content (AvgIpc) is 2.93. The number of nitrogens with one attached hydrogen (secondary N) is 3. The maximum Gasteiger partial charge on any atom is 0.264 e. The molecule has 0 saturated heterocycles. The van der Waals surface area contributed by atoms with Gasteiger partial charge in [-0.1, -0.05) is 43.2 Å². The predicted molar refractivity (Wildman–Crippen MR) is 166 cm³/mol. The lowest BCUT2D eigenvalue weighted by Gasteiger charge is -2.17. The van der Waals surface area contributed by atoms with Crippen molar-refractivity contribution in [1.82, 2.24) is 10.3 Å². The number of unbranched alkanes of at least 4 members (excludes halogenated alkanes) is 3. The van der Waals surface area contributed by atoms with Crippen LogP contribution in [-0.2, 0) is 24.3 Å². The Balaban J connectivity index is 1.56. The summed E-state index contributed by atoms with van der Waals surface area (Å²) in [7, 11) is -5.39. The largest absolute Gasteiger partial charge is 0.494 e. The number of sulfonamides is 1. The van der Waals surface area contributed by atoms with Gasteiger partial charge >= 0.3 is 0 Å². The van der Waals surface area contributed by atoms with Gasteiger partial charge in [-0.05, 0) is 37.1 Å². The first-order valence-corrected chi connectivity index (χ1v) is 17.0. The number of benzene rings is 3. The van der Waals surface area contributed by atoms with Crippen LogP contribution in [0.1, 0.15) is 36.0 Å². The molecule has 4 rings (SSSR count). The molecule has 42 heavy (non-hydrogen) atoms. The number of aromatic nitrogens is 1. The Morgan fingerprint density at radius 3 is 2.36 bits per heavy atom. The van der Waals surface area contributed by atoms with Crippen LogP contribution >= 0.6 is 0 Å². The molecule has 3 aromatic carbocycles. The van der Waals surface area contributed by atoms with E-state index in [9.17, 15) is 21.6 Å². The molecule has 0 aliphatic heterocycles. The lowest BCUT2D eigenvalue weighted by atomic mass is 10.0. The minimum absolute atomic E-state index is 0.157. The van der Waals surface area contributed by atoms with Crippen molar-refractivity contribution in [2.24, 2.45) is 0 Å². The highest BCUT2D eigenvalue weighted by molar-refractivity contribution is 7.92. The molecule has 224 valence electrons. The summed E-state index contributed by atoms with van der Waals surface area (Å²) < 4.78 is 58.2. The highest BCUT2D eigenvalue weighted by Crippen LogP contribution is 2.38. The third kappa shape index (κ3) is 8.30. The van der Waals surface area contributed by atoms with Crippen LogP contribution in [-0.4, -0.2) is 60.5 Å². The van der Waals surface area contributed by atoms with Gasteiger partial charge in [0.1, 0.15) is 5.75 Å². The van der Waals surface area contributed by atoms with Crippen molar-refractivity contribution in [2.45, 2.75) is 25.7 Å². The third-order valence-electron chi connectivity index (χ3n) is 6.37. The Hall–Kier alpha value is -3.94. The second kappa shape index (κ2) is 13.4. The number of ether oxygens (including phenoxy) is 1. The number of hydrogen-bond donors (Lipinski definition) is 3. The van der Waals surface area contributed by atoms with E-state index in [2.05, 4.69) is 15.4 Å². The molecule has 0 aliphatic rings. The van der Waals surface area contributed by atoms with E-state index in [-0.39, 0.29) is 12.5 Å². The van der Waals surface area contributed by atoms with E-state index >= 15 is 0 Å². The maximum atomic E-state index is 13.2. The molecule has 0 bridgehead atoms. The summed E-state index contributed by atoms with van der Waals surface area (Å²) in [4.78, 5) is 18.1. The molecule has 0 unspecified atom stereocenters. The van der Waals surface area contributed by atoms with Crippen LogP contribution in [0.25, 0.3) is 21.8 Å². The zero-order chi connectivity index (χ0) is 30.3. The minimum atomic E-state index is -3.46. The first-order chi connectivity index (χ1) is 19.9. The van der Waals surface area contributed by atoms with Gasteiger partial charge in [0.15, 0.2) is 0 Å². The molecule has 0 spiro atoms. The Kier molecular flexibility index (Phi) is 9.86. The molecule has 1 aromatic heterocycles. The monoisotopic (exact) mass is 614 g/mol. The molecule has 11 nitrogen and oxygen atoms in total. The van der Waals surface area contributed by atoms with Gasteiger partial charge in [0.2, 0.25) is 10.0 Å². The summed E-state index contributed by atoms with van der Waals surface area (Å²) >= 11 is 0. The molecular weight excluding hydrogens is 580 g/mol. The van der Waals surface area contributed by atoms with Crippen LogP contribution in [0.4, 0.5) is 17.1 Å². The van der Waals surface area contributed by atoms with Gasteiger partial charge in [-0.2, -0.15) is 8.42 Å². The predicted octanol–water partition coefficient (Wildman–Crippen LogP) is 4.78. The highest BCUT2D eigenvalue weighted by atomic mass is 32.2. The number of anilines is 3. The molecule has 0 aliphatic carbocycles. The van der Waals surface area contributed by atoms with Crippen LogP contribution in [0.2, 0.25) is 0 Å². The normalized spacial score (nSPS) is 11.9. The van der Waals surface area contributed by atoms with Crippen molar-refractivity contribution in [3.05, 3.63) is 66.2 Å². The number of nitrogens with zero attached hydrogens (tertiary/aromatic N) is 1. The molecule has 1 amide bonds. The van der Waals surface area contributed by atoms with E-state index in [1.807, 2.05) is 30.3 Å². The molecule has 0 radical (unpaired) electrons. The zero-order valence-electron chi connectivity index (χ0n) is 23.6. The van der Waals surface area contributed by atoms with Gasteiger partial charge in [-0.15, -0.1) is 0 Å². The highest BCUT2D eigenvalue weighted by Gasteiger charge is 2.17. The summed E-state index contributed by atoms with van der Waals surface area (Å²) in [6.45, 7) is 0.622. The summed E-state index contributed by atoms with van der Waals surface area (Å²) in [5.41, 5.74) is 3.35. The molecule has 4 aromatic rings. The second-order valence-electron chi connectivity index (χ2n) is 9.82. The van der Waals surface area contributed by atoms with E-state index in [1.54, 1.807) is 30.3 Å². The fourth-order valence-corrected chi connectivity index (χ4v) is 5.50. The third-order valence-corrected chi connectivity index (χ3v) is 7.58. The molecule has 0 saturated carbocycles. The number of hydrogen-bond acceptors (Lipinski definition) is 9. The molecule has 13 heteroatoms. The lowest BCUT2D eigenvalue weighted by molar-refractivity contribution is 0.0954. The standard InChI is InChI=1S/C29H34N4O7S2/c1-39-26-19-20(33-41(2,35)36)15-16-25(26)32-27-21-11-6-7-14-24(21)31-28-22(27)12-10-13-23(28)29(34)30-17-8-4-5-9-18-40-42(3,37)38/h6-7,10-16,19,33H,4-5,8-9,17-18H2,1-3H3,(H,30,34)(H,31,32). The number of para-hydroxylation sites is 2. The van der Waals surface area contributed by atoms with Gasteiger partial charge in [0, 0.05) is 23.4 Å². The Morgan fingerprint density at radius 1 is 0.881 bits per heavy atom. The average molecular weight is 615 g/mol. The van der Waals surface area contributed by atoms with Crippen LogP contribution < -0.4 is 20.1 Å². The van der Waals surface area contributed by atoms with Crippen molar-refractivity contribution in [2.75, 3.05) is 42.8 Å². The van der Waals surface area contributed by atoms with E-state index in [4.69, 9.17) is 13.9 Å². The summed E-state index contributed by atoms with van der Waals surface area (Å²) in [6.07, 6.45) is 5.08. The number of amides is 1. The summed E-state index contributed by atoms with van der Waals surface area (Å²) in [5, 5.41) is 7.96. The molecule has 3 N–H and O–H groups in total.